The Labute approximate surface area is 251 Å². The molecule has 9 heteroatoms. The number of nitriles is 1. The minimum atomic E-state index is -0.387. The average molecular weight is 604 g/mol. The van der Waals surface area contributed by atoms with E-state index in [0.717, 1.165) is 64.2 Å². The molecular weight excluding hydrogens is 567 g/mol. The maximum Gasteiger partial charge on any atom is 0.262 e. The quantitative estimate of drug-likeness (QED) is 0.104. The number of hydrogen-bond acceptors (Lipinski definition) is 7. The Morgan fingerprint density at radius 1 is 0.619 bits per heavy atom. The van der Waals surface area contributed by atoms with Crippen LogP contribution >= 0.6 is 22.7 Å². The molecule has 0 amide bonds. The van der Waals surface area contributed by atoms with Crippen molar-refractivity contribution in [2.24, 2.45) is 0 Å². The van der Waals surface area contributed by atoms with E-state index in [0.29, 0.717) is 58.7 Å². The van der Waals surface area contributed by atoms with Crippen LogP contribution in [0.25, 0.3) is 47.8 Å². The Kier molecular flexibility index (Phi) is 9.54. The first-order chi connectivity index (χ1) is 20.4. The molecule has 0 spiro atoms. The molecule has 0 fully saturated rings. The van der Waals surface area contributed by atoms with Gasteiger partial charge in [0.1, 0.15) is 0 Å². The summed E-state index contributed by atoms with van der Waals surface area (Å²) in [5.41, 5.74) is -1.53. The van der Waals surface area contributed by atoms with Crippen LogP contribution in [0.1, 0.15) is 90.9 Å². The lowest BCUT2D eigenvalue weighted by molar-refractivity contribution is 0.545. The summed E-state index contributed by atoms with van der Waals surface area (Å²) in [5.74, 6) is 0. The second-order valence-electron chi connectivity index (χ2n) is 11.2. The van der Waals surface area contributed by atoms with Crippen molar-refractivity contribution < 1.29 is 0 Å². The van der Waals surface area contributed by atoms with Gasteiger partial charge in [0, 0.05) is 40.7 Å². The zero-order valence-corrected chi connectivity index (χ0v) is 26.1. The van der Waals surface area contributed by atoms with E-state index in [1.807, 2.05) is 0 Å². The third-order valence-electron chi connectivity index (χ3n) is 8.29. The fourth-order valence-corrected chi connectivity index (χ4v) is 8.64. The van der Waals surface area contributed by atoms with E-state index in [2.05, 4.69) is 19.9 Å². The third kappa shape index (κ3) is 5.43. The Hall–Kier alpha value is -3.35. The van der Waals surface area contributed by atoms with E-state index in [1.54, 1.807) is 12.1 Å². The minimum absolute atomic E-state index is 0.325. The molecule has 0 bridgehead atoms. The lowest BCUT2D eigenvalue weighted by Gasteiger charge is -2.15. The van der Waals surface area contributed by atoms with Crippen molar-refractivity contribution in [2.45, 2.75) is 104 Å². The molecular formula is C33H37N3O4S2. The summed E-state index contributed by atoms with van der Waals surface area (Å²) in [6.07, 6.45) is 13.8. The van der Waals surface area contributed by atoms with Crippen molar-refractivity contribution in [3.63, 3.8) is 0 Å². The predicted octanol–water partition coefficient (Wildman–Crippen LogP) is 6.65. The zero-order chi connectivity index (χ0) is 29.8. The molecule has 5 rings (SSSR count). The topological polar surface area (TPSA) is 102 Å². The van der Waals surface area contributed by atoms with Gasteiger partial charge in [0.05, 0.1) is 30.1 Å². The Bertz CT molecular complexity index is 1940. The summed E-state index contributed by atoms with van der Waals surface area (Å²) in [7, 11) is 0. The molecule has 3 aromatic heterocycles. The molecule has 7 nitrogen and oxygen atoms in total. The molecule has 0 aliphatic carbocycles. The largest absolute Gasteiger partial charge is 0.274 e. The predicted molar refractivity (Wildman–Crippen MR) is 177 cm³/mol. The molecule has 0 saturated carbocycles. The van der Waals surface area contributed by atoms with Crippen molar-refractivity contribution in [2.75, 3.05) is 0 Å². The van der Waals surface area contributed by atoms with Gasteiger partial charge in [0.25, 0.3) is 22.2 Å². The molecule has 5 aromatic rings. The lowest BCUT2D eigenvalue weighted by Crippen LogP contribution is -2.35. The number of rotatable bonds is 14. The monoisotopic (exact) mass is 603 g/mol. The van der Waals surface area contributed by atoms with E-state index in [4.69, 9.17) is 0 Å². The van der Waals surface area contributed by atoms with Crippen LogP contribution in [0, 0.1) is 11.3 Å². The van der Waals surface area contributed by atoms with Crippen LogP contribution in [0.2, 0.25) is 0 Å². The Morgan fingerprint density at radius 2 is 1.02 bits per heavy atom. The van der Waals surface area contributed by atoms with Crippen LogP contribution in [-0.4, -0.2) is 9.13 Å². The highest BCUT2D eigenvalue weighted by Crippen LogP contribution is 2.39. The van der Waals surface area contributed by atoms with E-state index in [-0.39, 0.29) is 22.2 Å². The standard InChI is InChI=1S/C33H37N3O4S2/c1-3-5-7-9-11-13-19-35-30(37)21-15-16-22-25-24(21)26(32(35)39)28-29(42-23(41-28)17-18-34)27(25)33(40)36(31(22)38)20-14-12-10-8-6-4-2/h15-17H,3-14,19-20H2,1-2H3. The number of nitrogens with zero attached hydrogens (tertiary/aromatic N) is 3. The number of unbranched alkanes of at least 4 members (excludes halogenated alkanes) is 10. The average Bonchev–Trinajstić information content (AvgIpc) is 3.39. The van der Waals surface area contributed by atoms with Crippen molar-refractivity contribution in [3.8, 4) is 6.07 Å². The summed E-state index contributed by atoms with van der Waals surface area (Å²) < 4.78 is 4.53. The maximum atomic E-state index is 14.0. The second kappa shape index (κ2) is 13.3. The highest BCUT2D eigenvalue weighted by molar-refractivity contribution is 7.37. The van der Waals surface area contributed by atoms with Gasteiger partial charge in [-0.05, 0) is 25.0 Å². The molecule has 2 aromatic carbocycles. The maximum absolute atomic E-state index is 14.0. The summed E-state index contributed by atoms with van der Waals surface area (Å²) in [6.45, 7) is 4.98. The molecule has 0 aliphatic heterocycles. The van der Waals surface area contributed by atoms with Gasteiger partial charge in [-0.2, -0.15) is 5.26 Å². The summed E-state index contributed by atoms with van der Waals surface area (Å²) in [6, 6.07) is 5.36. The van der Waals surface area contributed by atoms with Crippen LogP contribution < -0.4 is 26.1 Å². The molecule has 0 N–H and O–H groups in total. The summed E-state index contributed by atoms with van der Waals surface area (Å²) >= 11 is 2.59. The number of pyridine rings is 2. The van der Waals surface area contributed by atoms with Crippen LogP contribution in [0.5, 0.6) is 0 Å². The van der Waals surface area contributed by atoms with Gasteiger partial charge in [-0.15, -0.1) is 22.7 Å². The number of hydrogen-bond donors (Lipinski definition) is 0. The van der Waals surface area contributed by atoms with Gasteiger partial charge >= 0.3 is 0 Å². The van der Waals surface area contributed by atoms with E-state index >= 15 is 0 Å². The smallest absolute Gasteiger partial charge is 0.262 e. The van der Waals surface area contributed by atoms with Gasteiger partial charge in [0.15, 0.2) is 0 Å². The van der Waals surface area contributed by atoms with Crippen molar-refractivity contribution >= 4 is 70.5 Å². The van der Waals surface area contributed by atoms with Crippen LogP contribution in [-0.2, 0) is 13.1 Å². The molecule has 3 heterocycles. The fraction of sp³-hybridized carbons (Fsp3) is 0.485. The highest BCUT2D eigenvalue weighted by Gasteiger charge is 2.25. The number of fused-ring (bicyclic) bond motifs is 3. The van der Waals surface area contributed by atoms with Gasteiger partial charge in [-0.3, -0.25) is 28.3 Å². The number of benzene rings is 2. The minimum Gasteiger partial charge on any atom is -0.274 e. The molecule has 0 saturated heterocycles. The molecule has 220 valence electrons. The summed E-state index contributed by atoms with van der Waals surface area (Å²) in [4.78, 5) is 55.5. The SMILES string of the molecule is CCCCCCCCn1c(=O)c2ccc3c(=O)n(CCCCCCCC)c(=O)c4c5sc(=CC#N)sc5c(c1=O)c2c34. The van der Waals surface area contributed by atoms with E-state index in [1.165, 1.54) is 50.7 Å². The highest BCUT2D eigenvalue weighted by atomic mass is 32.2. The normalized spacial score (nSPS) is 11.8. The second-order valence-corrected chi connectivity index (χ2v) is 13.5. The lowest BCUT2D eigenvalue weighted by atomic mass is 9.96. The fourth-order valence-electron chi connectivity index (χ4n) is 6.12. The van der Waals surface area contributed by atoms with Crippen molar-refractivity contribution in [1.29, 1.82) is 5.26 Å². The van der Waals surface area contributed by atoms with Gasteiger partial charge in [0.2, 0.25) is 0 Å². The Balaban J connectivity index is 1.73. The van der Waals surface area contributed by atoms with E-state index in [9.17, 15) is 24.4 Å². The van der Waals surface area contributed by atoms with Crippen molar-refractivity contribution in [3.05, 3.63) is 57.4 Å². The van der Waals surface area contributed by atoms with Gasteiger partial charge in [-0.1, -0.05) is 78.1 Å². The third-order valence-corrected chi connectivity index (χ3v) is 10.8. The van der Waals surface area contributed by atoms with Crippen LogP contribution in [0.4, 0.5) is 0 Å². The number of aromatic nitrogens is 2. The van der Waals surface area contributed by atoms with Crippen LogP contribution in [0.15, 0.2) is 31.3 Å². The first-order valence-electron chi connectivity index (χ1n) is 15.3. The molecule has 0 aliphatic rings. The molecule has 42 heavy (non-hydrogen) atoms. The first-order valence-corrected chi connectivity index (χ1v) is 16.9. The molecule has 0 unspecified atom stereocenters. The zero-order valence-electron chi connectivity index (χ0n) is 24.4. The first kappa shape index (κ1) is 30.1. The van der Waals surface area contributed by atoms with Crippen LogP contribution in [0.3, 0.4) is 0 Å². The van der Waals surface area contributed by atoms with Crippen molar-refractivity contribution in [1.82, 2.24) is 9.13 Å². The van der Waals surface area contributed by atoms with E-state index < -0.39 is 0 Å². The van der Waals surface area contributed by atoms with Gasteiger partial charge < -0.3 is 0 Å². The Morgan fingerprint density at radius 3 is 1.43 bits per heavy atom. The molecule has 0 atom stereocenters. The van der Waals surface area contributed by atoms with Gasteiger partial charge in [-0.25, -0.2) is 0 Å². The summed E-state index contributed by atoms with van der Waals surface area (Å²) in [5, 5.41) is 11.6. The molecule has 0 radical (unpaired) electrons.